The van der Waals surface area contributed by atoms with Crippen LogP contribution in [0.15, 0.2) is 34.9 Å². The second-order valence-electron chi connectivity index (χ2n) is 4.43. The molecule has 0 radical (unpaired) electrons. The normalized spacial score (nSPS) is 12.6. The van der Waals surface area contributed by atoms with E-state index in [0.29, 0.717) is 0 Å². The Morgan fingerprint density at radius 2 is 2.21 bits per heavy atom. The summed E-state index contributed by atoms with van der Waals surface area (Å²) >= 11 is 9.72. The number of nitrogens with zero attached hydrogens (tertiary/aromatic N) is 2. The highest BCUT2D eigenvalue weighted by Crippen LogP contribution is 2.26. The Morgan fingerprint density at radius 3 is 2.79 bits per heavy atom. The second kappa shape index (κ2) is 6.55. The zero-order valence-electron chi connectivity index (χ0n) is 11.0. The molecule has 1 aromatic carbocycles. The van der Waals surface area contributed by atoms with Crippen LogP contribution in [0.2, 0.25) is 5.02 Å². The number of benzene rings is 1. The van der Waals surface area contributed by atoms with E-state index in [1.165, 1.54) is 5.69 Å². The molecule has 2 rings (SSSR count). The summed E-state index contributed by atoms with van der Waals surface area (Å²) in [6.45, 7) is 3.01. The van der Waals surface area contributed by atoms with Crippen LogP contribution in [-0.4, -0.2) is 16.3 Å². The molecule has 1 aromatic heterocycles. The average molecular weight is 343 g/mol. The van der Waals surface area contributed by atoms with Crippen molar-refractivity contribution >= 4 is 27.5 Å². The number of aromatic nitrogens is 2. The molecule has 0 saturated carbocycles. The van der Waals surface area contributed by atoms with E-state index in [1.807, 2.05) is 36.1 Å². The fraction of sp³-hybridized carbons (Fsp3) is 0.357. The molecule has 0 bridgehead atoms. The number of aryl methyl sites for hydroxylation is 1. The largest absolute Gasteiger partial charge is 0.309 e. The lowest BCUT2D eigenvalue weighted by Crippen LogP contribution is -2.25. The smallest absolute Gasteiger partial charge is 0.0553 e. The number of likely N-dealkylation sites (N-methyl/N-ethyl adjacent to an activating group) is 1. The maximum atomic E-state index is 6.29. The summed E-state index contributed by atoms with van der Waals surface area (Å²) in [5, 5.41) is 8.51. The van der Waals surface area contributed by atoms with Gasteiger partial charge >= 0.3 is 0 Å². The second-order valence-corrected chi connectivity index (χ2v) is 5.75. The lowest BCUT2D eigenvalue weighted by atomic mass is 10.0. The summed E-state index contributed by atoms with van der Waals surface area (Å²) in [4.78, 5) is 0. The van der Waals surface area contributed by atoms with Crippen LogP contribution in [0, 0.1) is 0 Å². The summed E-state index contributed by atoms with van der Waals surface area (Å²) in [5.74, 6) is 0. The lowest BCUT2D eigenvalue weighted by Gasteiger charge is -2.19. The highest BCUT2D eigenvalue weighted by molar-refractivity contribution is 9.10. The van der Waals surface area contributed by atoms with E-state index in [1.54, 1.807) is 0 Å². The molecule has 0 aliphatic carbocycles. The van der Waals surface area contributed by atoms with Crippen LogP contribution in [0.1, 0.15) is 24.2 Å². The Hall–Kier alpha value is -0.840. The molecule has 1 N–H and O–H groups in total. The van der Waals surface area contributed by atoms with Crippen molar-refractivity contribution in [3.63, 3.8) is 0 Å². The van der Waals surface area contributed by atoms with Gasteiger partial charge in [-0.1, -0.05) is 40.5 Å². The molecule has 0 saturated heterocycles. The van der Waals surface area contributed by atoms with Gasteiger partial charge in [0.2, 0.25) is 0 Å². The third kappa shape index (κ3) is 3.59. The predicted octanol–water partition coefficient (Wildman–Crippen LogP) is 3.73. The van der Waals surface area contributed by atoms with Gasteiger partial charge in [0.1, 0.15) is 0 Å². The van der Waals surface area contributed by atoms with Crippen molar-refractivity contribution in [3.8, 4) is 0 Å². The summed E-state index contributed by atoms with van der Waals surface area (Å²) in [5.41, 5.74) is 2.30. The zero-order chi connectivity index (χ0) is 13.8. The first kappa shape index (κ1) is 14.6. The topological polar surface area (TPSA) is 29.9 Å². The van der Waals surface area contributed by atoms with Gasteiger partial charge in [-0.3, -0.25) is 4.68 Å². The summed E-state index contributed by atoms with van der Waals surface area (Å²) < 4.78 is 2.90. The molecule has 0 aliphatic heterocycles. The number of hydrogen-bond acceptors (Lipinski definition) is 2. The molecule has 19 heavy (non-hydrogen) atoms. The van der Waals surface area contributed by atoms with E-state index in [2.05, 4.69) is 39.3 Å². The van der Waals surface area contributed by atoms with Gasteiger partial charge in [-0.15, -0.1) is 0 Å². The van der Waals surface area contributed by atoms with Crippen LogP contribution < -0.4 is 5.32 Å². The quantitative estimate of drug-likeness (QED) is 0.897. The molecule has 0 aliphatic rings. The van der Waals surface area contributed by atoms with Gasteiger partial charge in [-0.05, 0) is 36.7 Å². The maximum absolute atomic E-state index is 6.29. The minimum absolute atomic E-state index is 0.219. The van der Waals surface area contributed by atoms with Gasteiger partial charge in [0.05, 0.1) is 11.7 Å². The molecule has 1 heterocycles. The molecule has 2 aromatic rings. The SMILES string of the molecule is CCNC(Cc1ccc(Br)cc1Cl)c1ccnn1C. The first-order chi connectivity index (χ1) is 9.11. The number of hydrogen-bond donors (Lipinski definition) is 1. The fourth-order valence-corrected chi connectivity index (χ4v) is 2.91. The molecule has 1 unspecified atom stereocenters. The number of halogens is 2. The molecule has 5 heteroatoms. The van der Waals surface area contributed by atoms with Gasteiger partial charge in [0, 0.05) is 22.7 Å². The Labute approximate surface area is 127 Å². The maximum Gasteiger partial charge on any atom is 0.0553 e. The van der Waals surface area contributed by atoms with E-state index in [4.69, 9.17) is 11.6 Å². The van der Waals surface area contributed by atoms with E-state index in [-0.39, 0.29) is 6.04 Å². The monoisotopic (exact) mass is 341 g/mol. The summed E-state index contributed by atoms with van der Waals surface area (Å²) in [6.07, 6.45) is 2.67. The van der Waals surface area contributed by atoms with Crippen LogP contribution in [0.3, 0.4) is 0 Å². The lowest BCUT2D eigenvalue weighted by molar-refractivity contribution is 0.508. The van der Waals surface area contributed by atoms with Crippen molar-refractivity contribution in [1.29, 1.82) is 0 Å². The van der Waals surface area contributed by atoms with Crippen LogP contribution in [0.4, 0.5) is 0 Å². The molecule has 0 spiro atoms. The van der Waals surface area contributed by atoms with Gasteiger partial charge in [0.15, 0.2) is 0 Å². The highest BCUT2D eigenvalue weighted by atomic mass is 79.9. The van der Waals surface area contributed by atoms with Gasteiger partial charge in [0.25, 0.3) is 0 Å². The third-order valence-electron chi connectivity index (χ3n) is 3.11. The Kier molecular flexibility index (Phi) is 5.02. The van der Waals surface area contributed by atoms with Crippen molar-refractivity contribution in [3.05, 3.63) is 51.2 Å². The highest BCUT2D eigenvalue weighted by Gasteiger charge is 2.16. The minimum atomic E-state index is 0.219. The molecule has 1 atom stereocenters. The zero-order valence-corrected chi connectivity index (χ0v) is 13.4. The van der Waals surface area contributed by atoms with Crippen LogP contribution >= 0.6 is 27.5 Å². The number of rotatable bonds is 5. The fourth-order valence-electron chi connectivity index (χ4n) is 2.16. The van der Waals surface area contributed by atoms with Crippen molar-refractivity contribution in [2.45, 2.75) is 19.4 Å². The van der Waals surface area contributed by atoms with E-state index in [0.717, 1.165) is 28.0 Å². The van der Waals surface area contributed by atoms with Crippen molar-refractivity contribution in [2.75, 3.05) is 6.54 Å². The Morgan fingerprint density at radius 1 is 1.42 bits per heavy atom. The first-order valence-electron chi connectivity index (χ1n) is 6.27. The molecular weight excluding hydrogens is 326 g/mol. The Balaban J connectivity index is 2.24. The number of nitrogens with one attached hydrogen (secondary N) is 1. The van der Waals surface area contributed by atoms with Crippen LogP contribution in [-0.2, 0) is 13.5 Å². The minimum Gasteiger partial charge on any atom is -0.309 e. The van der Waals surface area contributed by atoms with Crippen LogP contribution in [0.5, 0.6) is 0 Å². The molecule has 102 valence electrons. The standard InChI is InChI=1S/C14H17BrClN3/c1-3-17-13(14-6-7-18-19(14)2)8-10-4-5-11(15)9-12(10)16/h4-7,9,13,17H,3,8H2,1-2H3. The van der Waals surface area contributed by atoms with Crippen molar-refractivity contribution in [1.82, 2.24) is 15.1 Å². The average Bonchev–Trinajstić information content (AvgIpc) is 2.78. The summed E-state index contributed by atoms with van der Waals surface area (Å²) in [7, 11) is 1.96. The predicted molar refractivity (Wildman–Crippen MR) is 82.5 cm³/mol. The van der Waals surface area contributed by atoms with E-state index in [9.17, 15) is 0 Å². The van der Waals surface area contributed by atoms with E-state index < -0.39 is 0 Å². The first-order valence-corrected chi connectivity index (χ1v) is 7.44. The van der Waals surface area contributed by atoms with E-state index >= 15 is 0 Å². The molecule has 3 nitrogen and oxygen atoms in total. The van der Waals surface area contributed by atoms with Crippen molar-refractivity contribution in [2.24, 2.45) is 7.05 Å². The van der Waals surface area contributed by atoms with Gasteiger partial charge in [-0.2, -0.15) is 5.10 Å². The van der Waals surface area contributed by atoms with Crippen LogP contribution in [0.25, 0.3) is 0 Å². The molecule has 0 fully saturated rings. The summed E-state index contributed by atoms with van der Waals surface area (Å²) in [6, 6.07) is 8.28. The van der Waals surface area contributed by atoms with Gasteiger partial charge < -0.3 is 5.32 Å². The van der Waals surface area contributed by atoms with Gasteiger partial charge in [-0.25, -0.2) is 0 Å². The Bertz CT molecular complexity index is 553. The molecular formula is C14H17BrClN3. The molecule has 0 amide bonds. The van der Waals surface area contributed by atoms with Crippen molar-refractivity contribution < 1.29 is 0 Å². The third-order valence-corrected chi connectivity index (χ3v) is 3.95.